The monoisotopic (exact) mass is 462 g/mol. The van der Waals surface area contributed by atoms with E-state index in [0.717, 1.165) is 28.8 Å². The van der Waals surface area contributed by atoms with Gasteiger partial charge in [0.1, 0.15) is 17.2 Å². The number of benzene rings is 3. The van der Waals surface area contributed by atoms with Crippen LogP contribution in [0.15, 0.2) is 59.4 Å². The number of fused-ring (bicyclic) bond motifs is 1. The molecule has 0 atom stereocenters. The summed E-state index contributed by atoms with van der Waals surface area (Å²) in [5, 5.41) is 8.98. The van der Waals surface area contributed by atoms with Crippen molar-refractivity contribution in [2.24, 2.45) is 0 Å². The standard InChI is InChI=1S/C21H10Cl2F2N2O4/c22-12-3-1-4-13(23)17(12)19(28)27-16-6-2-5-14(24)18(16)26(21(27)31)10-7-8-11(20(29)30)15(25)9-10/h1-9H,(H,29,30). The van der Waals surface area contributed by atoms with E-state index in [1.54, 1.807) is 0 Å². The van der Waals surface area contributed by atoms with Gasteiger partial charge < -0.3 is 5.11 Å². The van der Waals surface area contributed by atoms with Crippen molar-refractivity contribution in [3.63, 3.8) is 0 Å². The molecule has 0 aliphatic carbocycles. The number of nitrogens with zero attached hydrogens (tertiary/aromatic N) is 2. The molecule has 4 rings (SSSR count). The number of carbonyl (C=O) groups is 2. The number of rotatable bonds is 3. The maximum absolute atomic E-state index is 14.7. The van der Waals surface area contributed by atoms with E-state index in [-0.39, 0.29) is 32.3 Å². The second kappa shape index (κ2) is 7.64. The number of aromatic carboxylic acids is 1. The van der Waals surface area contributed by atoms with E-state index >= 15 is 0 Å². The second-order valence-corrected chi connectivity index (χ2v) is 7.25. The molecule has 0 amide bonds. The Morgan fingerprint density at radius 2 is 1.55 bits per heavy atom. The van der Waals surface area contributed by atoms with Crippen molar-refractivity contribution in [2.75, 3.05) is 0 Å². The fourth-order valence-electron chi connectivity index (χ4n) is 3.27. The molecule has 1 heterocycles. The van der Waals surface area contributed by atoms with Crippen LogP contribution in [0.5, 0.6) is 0 Å². The van der Waals surface area contributed by atoms with Crippen molar-refractivity contribution in [1.29, 1.82) is 0 Å². The zero-order chi connectivity index (χ0) is 22.4. The molecule has 0 bridgehead atoms. The van der Waals surface area contributed by atoms with Gasteiger partial charge in [0.15, 0.2) is 0 Å². The Labute approximate surface area is 182 Å². The number of carboxylic acid groups (broad SMARTS) is 1. The summed E-state index contributed by atoms with van der Waals surface area (Å²) in [5.74, 6) is -4.39. The van der Waals surface area contributed by atoms with Crippen LogP contribution in [0.3, 0.4) is 0 Å². The summed E-state index contributed by atoms with van der Waals surface area (Å²) in [4.78, 5) is 37.5. The predicted octanol–water partition coefficient (Wildman–Crippen LogP) is 4.76. The minimum absolute atomic E-state index is 0.0152. The first-order valence-electron chi connectivity index (χ1n) is 8.66. The molecule has 0 spiro atoms. The lowest BCUT2D eigenvalue weighted by molar-refractivity contribution is 0.0691. The fourth-order valence-corrected chi connectivity index (χ4v) is 3.83. The number of carboxylic acids is 1. The van der Waals surface area contributed by atoms with Crippen molar-refractivity contribution in [3.8, 4) is 5.69 Å². The van der Waals surface area contributed by atoms with Gasteiger partial charge in [-0.3, -0.25) is 9.36 Å². The molecule has 10 heteroatoms. The van der Waals surface area contributed by atoms with Crippen LogP contribution >= 0.6 is 23.2 Å². The summed E-state index contributed by atoms with van der Waals surface area (Å²) in [6.07, 6.45) is 0. The molecule has 0 unspecified atom stereocenters. The van der Waals surface area contributed by atoms with Gasteiger partial charge in [-0.25, -0.2) is 22.9 Å². The van der Waals surface area contributed by atoms with E-state index in [1.807, 2.05) is 0 Å². The Morgan fingerprint density at radius 3 is 2.16 bits per heavy atom. The predicted molar refractivity (Wildman–Crippen MR) is 111 cm³/mol. The molecule has 31 heavy (non-hydrogen) atoms. The van der Waals surface area contributed by atoms with Gasteiger partial charge in [0.05, 0.1) is 32.4 Å². The lowest BCUT2D eigenvalue weighted by Crippen LogP contribution is -2.29. The first-order valence-corrected chi connectivity index (χ1v) is 9.42. The Balaban J connectivity index is 2.05. The molecule has 0 aliphatic rings. The zero-order valence-corrected chi connectivity index (χ0v) is 16.8. The summed E-state index contributed by atoms with van der Waals surface area (Å²) in [6.45, 7) is 0. The van der Waals surface area contributed by atoms with Crippen molar-refractivity contribution >= 4 is 46.1 Å². The number of carbonyl (C=O) groups excluding carboxylic acids is 1. The van der Waals surface area contributed by atoms with E-state index in [4.69, 9.17) is 28.3 Å². The summed E-state index contributed by atoms with van der Waals surface area (Å²) >= 11 is 12.2. The van der Waals surface area contributed by atoms with Gasteiger partial charge in [-0.1, -0.05) is 35.3 Å². The molecule has 0 fully saturated rings. The van der Waals surface area contributed by atoms with Crippen molar-refractivity contribution < 1.29 is 23.5 Å². The van der Waals surface area contributed by atoms with E-state index in [2.05, 4.69) is 0 Å². The SMILES string of the molecule is O=C(O)c1ccc(-n2c(=O)n(C(=O)c3c(Cl)cccc3Cl)c3cccc(F)c32)cc1F. The van der Waals surface area contributed by atoms with Crippen molar-refractivity contribution in [3.05, 3.63) is 97.9 Å². The van der Waals surface area contributed by atoms with Gasteiger partial charge in [-0.05, 0) is 42.5 Å². The maximum Gasteiger partial charge on any atom is 0.340 e. The number of hydrogen-bond acceptors (Lipinski definition) is 3. The quantitative estimate of drug-likeness (QED) is 0.475. The summed E-state index contributed by atoms with van der Waals surface area (Å²) in [6, 6.07) is 10.9. The molecule has 1 aromatic heterocycles. The van der Waals surface area contributed by atoms with Crippen LogP contribution < -0.4 is 5.69 Å². The summed E-state index contributed by atoms with van der Waals surface area (Å²) in [7, 11) is 0. The molecule has 4 aromatic rings. The third kappa shape index (κ3) is 3.30. The normalized spacial score (nSPS) is 11.1. The topological polar surface area (TPSA) is 81.3 Å². The molecular weight excluding hydrogens is 453 g/mol. The Morgan fingerprint density at radius 1 is 0.903 bits per heavy atom. The Kier molecular flexibility index (Phi) is 5.12. The maximum atomic E-state index is 14.7. The van der Waals surface area contributed by atoms with Crippen molar-refractivity contribution in [2.45, 2.75) is 0 Å². The fraction of sp³-hybridized carbons (Fsp3) is 0. The lowest BCUT2D eigenvalue weighted by atomic mass is 10.2. The first-order chi connectivity index (χ1) is 14.7. The molecule has 156 valence electrons. The van der Waals surface area contributed by atoms with Crippen molar-refractivity contribution in [1.82, 2.24) is 9.13 Å². The van der Waals surface area contributed by atoms with Crippen LogP contribution in [0.25, 0.3) is 16.7 Å². The average molecular weight is 463 g/mol. The van der Waals surface area contributed by atoms with Crippen LogP contribution in [0.4, 0.5) is 8.78 Å². The summed E-state index contributed by atoms with van der Waals surface area (Å²) in [5.41, 5.74) is -2.37. The first kappa shape index (κ1) is 20.8. The molecule has 0 saturated carbocycles. The van der Waals surface area contributed by atoms with Gasteiger partial charge in [0.2, 0.25) is 0 Å². The van der Waals surface area contributed by atoms with E-state index in [9.17, 15) is 23.2 Å². The van der Waals surface area contributed by atoms with Gasteiger partial charge in [-0.2, -0.15) is 0 Å². The highest BCUT2D eigenvalue weighted by molar-refractivity contribution is 6.39. The van der Waals surface area contributed by atoms with Crippen LogP contribution in [-0.4, -0.2) is 26.1 Å². The second-order valence-electron chi connectivity index (χ2n) is 6.43. The summed E-state index contributed by atoms with van der Waals surface area (Å²) < 4.78 is 30.4. The Hall–Kier alpha value is -3.49. The molecule has 0 saturated heterocycles. The van der Waals surface area contributed by atoms with Gasteiger partial charge in [0.25, 0.3) is 5.91 Å². The smallest absolute Gasteiger partial charge is 0.340 e. The third-order valence-corrected chi connectivity index (χ3v) is 5.26. The highest BCUT2D eigenvalue weighted by atomic mass is 35.5. The largest absolute Gasteiger partial charge is 0.478 e. The van der Waals surface area contributed by atoms with Gasteiger partial charge in [0, 0.05) is 0 Å². The van der Waals surface area contributed by atoms with Crippen LogP contribution in [0.1, 0.15) is 20.7 Å². The van der Waals surface area contributed by atoms with Gasteiger partial charge >= 0.3 is 11.7 Å². The van der Waals surface area contributed by atoms with E-state index < -0.39 is 34.8 Å². The molecule has 3 aromatic carbocycles. The highest BCUT2D eigenvalue weighted by Crippen LogP contribution is 2.28. The molecule has 0 aliphatic heterocycles. The molecule has 0 radical (unpaired) electrons. The minimum atomic E-state index is -1.51. The molecule has 1 N–H and O–H groups in total. The van der Waals surface area contributed by atoms with E-state index in [1.165, 1.54) is 30.3 Å². The zero-order valence-electron chi connectivity index (χ0n) is 15.3. The molecular formula is C21H10Cl2F2N2O4. The number of para-hydroxylation sites is 1. The average Bonchev–Trinajstić information content (AvgIpc) is 3.00. The molecule has 6 nitrogen and oxygen atoms in total. The minimum Gasteiger partial charge on any atom is -0.478 e. The number of aromatic nitrogens is 2. The van der Waals surface area contributed by atoms with Crippen LogP contribution in [0, 0.1) is 11.6 Å². The number of halogens is 4. The van der Waals surface area contributed by atoms with Crippen LogP contribution in [0.2, 0.25) is 10.0 Å². The van der Waals surface area contributed by atoms with Gasteiger partial charge in [-0.15, -0.1) is 0 Å². The highest BCUT2D eigenvalue weighted by Gasteiger charge is 2.26. The Bertz CT molecular complexity index is 1440. The lowest BCUT2D eigenvalue weighted by Gasteiger charge is -2.07. The van der Waals surface area contributed by atoms with E-state index in [0.29, 0.717) is 4.57 Å². The number of imidazole rings is 1. The van der Waals surface area contributed by atoms with Crippen LogP contribution in [-0.2, 0) is 0 Å². The number of hydrogen-bond donors (Lipinski definition) is 1. The third-order valence-electron chi connectivity index (χ3n) is 4.63.